The largest absolute Gasteiger partial charge is 0.496 e. The Morgan fingerprint density at radius 3 is 2.76 bits per heavy atom. The number of methoxy groups -OCH3 is 1. The smallest absolute Gasteiger partial charge is 0.123 e. The summed E-state index contributed by atoms with van der Waals surface area (Å²) in [6.07, 6.45) is 0. The van der Waals surface area contributed by atoms with Crippen molar-refractivity contribution in [2.75, 3.05) is 31.7 Å². The minimum Gasteiger partial charge on any atom is -0.496 e. The van der Waals surface area contributed by atoms with Crippen LogP contribution in [0.25, 0.3) is 0 Å². The maximum atomic E-state index is 11.3. The van der Waals surface area contributed by atoms with Crippen LogP contribution >= 0.6 is 15.9 Å². The van der Waals surface area contributed by atoms with Crippen molar-refractivity contribution in [1.82, 2.24) is 4.90 Å². The topological polar surface area (TPSA) is 29.5 Å². The minimum absolute atomic E-state index is 0.613. The lowest BCUT2D eigenvalue weighted by Crippen LogP contribution is -2.37. The van der Waals surface area contributed by atoms with Crippen molar-refractivity contribution in [3.63, 3.8) is 0 Å². The van der Waals surface area contributed by atoms with Crippen LogP contribution in [0.2, 0.25) is 0 Å². The number of nitrogens with zero attached hydrogens (tertiary/aromatic N) is 1. The molecule has 0 bridgehead atoms. The van der Waals surface area contributed by atoms with Gasteiger partial charge >= 0.3 is 0 Å². The van der Waals surface area contributed by atoms with Crippen LogP contribution in [0.3, 0.4) is 0 Å². The third-order valence-electron chi connectivity index (χ3n) is 2.91. The van der Waals surface area contributed by atoms with E-state index in [0.717, 1.165) is 41.4 Å². The van der Waals surface area contributed by atoms with E-state index >= 15 is 0 Å². The molecule has 0 N–H and O–H groups in total. The van der Waals surface area contributed by atoms with Crippen LogP contribution in [0.15, 0.2) is 22.7 Å². The number of hydrogen-bond donors (Lipinski definition) is 0. The standard InChI is InChI=1S/C12H16BrNO2S/c1-16-12-3-2-11(13)8-10(12)9-14-4-6-17(15)7-5-14/h2-3,8H,4-7,9H2,1H3. The van der Waals surface area contributed by atoms with Gasteiger partial charge in [-0.1, -0.05) is 15.9 Å². The molecular formula is C12H16BrNO2S. The summed E-state index contributed by atoms with van der Waals surface area (Å²) >= 11 is 3.48. The maximum Gasteiger partial charge on any atom is 0.123 e. The molecule has 0 radical (unpaired) electrons. The van der Waals surface area contributed by atoms with Crippen molar-refractivity contribution in [3.05, 3.63) is 28.2 Å². The summed E-state index contributed by atoms with van der Waals surface area (Å²) < 4.78 is 17.7. The van der Waals surface area contributed by atoms with E-state index in [0.29, 0.717) is 0 Å². The Kier molecular flexibility index (Phi) is 4.59. The van der Waals surface area contributed by atoms with Gasteiger partial charge in [0.15, 0.2) is 0 Å². The van der Waals surface area contributed by atoms with Crippen molar-refractivity contribution in [2.45, 2.75) is 6.54 Å². The third-order valence-corrected chi connectivity index (χ3v) is 4.68. The summed E-state index contributed by atoms with van der Waals surface area (Å²) in [7, 11) is 1.08. The van der Waals surface area contributed by atoms with E-state index < -0.39 is 10.8 Å². The molecule has 0 saturated carbocycles. The van der Waals surface area contributed by atoms with Crippen LogP contribution in [0, 0.1) is 0 Å². The van der Waals surface area contributed by atoms with E-state index in [1.165, 1.54) is 5.56 Å². The van der Waals surface area contributed by atoms with Crippen molar-refractivity contribution in [2.24, 2.45) is 0 Å². The van der Waals surface area contributed by atoms with Gasteiger partial charge in [-0.05, 0) is 18.2 Å². The van der Waals surface area contributed by atoms with Crippen molar-refractivity contribution >= 4 is 26.7 Å². The molecule has 0 atom stereocenters. The Labute approximate surface area is 113 Å². The quantitative estimate of drug-likeness (QED) is 0.854. The summed E-state index contributed by atoms with van der Waals surface area (Å²) in [4.78, 5) is 2.33. The van der Waals surface area contributed by atoms with Crippen LogP contribution in [-0.4, -0.2) is 40.8 Å². The van der Waals surface area contributed by atoms with Gasteiger partial charge in [-0.3, -0.25) is 9.11 Å². The highest BCUT2D eigenvalue weighted by molar-refractivity contribution is 9.10. The first kappa shape index (κ1) is 13.1. The fourth-order valence-electron chi connectivity index (χ4n) is 1.95. The van der Waals surface area contributed by atoms with Gasteiger partial charge in [-0.15, -0.1) is 0 Å². The van der Waals surface area contributed by atoms with Gasteiger partial charge in [-0.2, -0.15) is 0 Å². The molecule has 94 valence electrons. The van der Waals surface area contributed by atoms with E-state index in [2.05, 4.69) is 26.9 Å². The normalized spacial score (nSPS) is 18.2. The molecule has 2 rings (SSSR count). The molecule has 1 saturated heterocycles. The molecule has 0 amide bonds. The Bertz CT molecular complexity index is 415. The zero-order chi connectivity index (χ0) is 12.3. The molecule has 0 spiro atoms. The van der Waals surface area contributed by atoms with Crippen LogP contribution in [0.1, 0.15) is 5.56 Å². The lowest BCUT2D eigenvalue weighted by atomic mass is 10.2. The van der Waals surface area contributed by atoms with Gasteiger partial charge in [-0.25, -0.2) is 0 Å². The SMILES string of the molecule is COc1ccc(Br)cc1CN1CCS(=O)CC1. The van der Waals surface area contributed by atoms with Crippen LogP contribution in [0.4, 0.5) is 0 Å². The lowest BCUT2D eigenvalue weighted by Gasteiger charge is -2.26. The van der Waals surface area contributed by atoms with Crippen LogP contribution < -0.4 is 4.74 Å². The second kappa shape index (κ2) is 5.98. The Morgan fingerprint density at radius 1 is 1.41 bits per heavy atom. The second-order valence-electron chi connectivity index (χ2n) is 4.08. The van der Waals surface area contributed by atoms with Crippen molar-refractivity contribution in [3.8, 4) is 5.75 Å². The van der Waals surface area contributed by atoms with Gasteiger partial charge in [0.25, 0.3) is 0 Å². The highest BCUT2D eigenvalue weighted by Gasteiger charge is 2.16. The molecule has 1 aliphatic rings. The van der Waals surface area contributed by atoms with Crippen molar-refractivity contribution < 1.29 is 8.95 Å². The van der Waals surface area contributed by atoms with Crippen molar-refractivity contribution in [1.29, 1.82) is 0 Å². The van der Waals surface area contributed by atoms with Gasteiger partial charge in [0.1, 0.15) is 5.75 Å². The predicted octanol–water partition coefficient (Wildman–Crippen LogP) is 2.02. The molecule has 3 nitrogen and oxygen atoms in total. The van der Waals surface area contributed by atoms with Gasteiger partial charge in [0, 0.05) is 52.0 Å². The molecule has 1 aliphatic heterocycles. The lowest BCUT2D eigenvalue weighted by molar-refractivity contribution is 0.285. The molecule has 17 heavy (non-hydrogen) atoms. The Balaban J connectivity index is 2.07. The number of ether oxygens (including phenoxy) is 1. The fraction of sp³-hybridized carbons (Fsp3) is 0.500. The average molecular weight is 318 g/mol. The summed E-state index contributed by atoms with van der Waals surface area (Å²) in [6.45, 7) is 2.67. The summed E-state index contributed by atoms with van der Waals surface area (Å²) in [6, 6.07) is 6.04. The minimum atomic E-state index is -0.613. The molecule has 5 heteroatoms. The second-order valence-corrected chi connectivity index (χ2v) is 6.69. The number of rotatable bonds is 3. The molecule has 1 aromatic rings. The number of hydrogen-bond acceptors (Lipinski definition) is 3. The van der Waals surface area contributed by atoms with E-state index in [4.69, 9.17) is 4.74 Å². The molecule has 0 aliphatic carbocycles. The first-order valence-electron chi connectivity index (χ1n) is 5.59. The van der Waals surface area contributed by atoms with Gasteiger partial charge < -0.3 is 4.74 Å². The summed E-state index contributed by atoms with van der Waals surface area (Å²) in [5, 5.41) is 0. The Morgan fingerprint density at radius 2 is 2.12 bits per heavy atom. The van der Waals surface area contributed by atoms with E-state index in [1.807, 2.05) is 12.1 Å². The predicted molar refractivity (Wildman–Crippen MR) is 73.8 cm³/mol. The highest BCUT2D eigenvalue weighted by Crippen LogP contribution is 2.24. The third kappa shape index (κ3) is 3.53. The zero-order valence-corrected chi connectivity index (χ0v) is 12.2. The van der Waals surface area contributed by atoms with Gasteiger partial charge in [0.2, 0.25) is 0 Å². The van der Waals surface area contributed by atoms with E-state index in [1.54, 1.807) is 7.11 Å². The number of benzene rings is 1. The first-order valence-corrected chi connectivity index (χ1v) is 7.87. The molecule has 1 heterocycles. The molecular weight excluding hydrogens is 302 g/mol. The Hall–Kier alpha value is -0.390. The van der Waals surface area contributed by atoms with E-state index in [-0.39, 0.29) is 0 Å². The monoisotopic (exact) mass is 317 g/mol. The highest BCUT2D eigenvalue weighted by atomic mass is 79.9. The number of halogens is 1. The van der Waals surface area contributed by atoms with Crippen LogP contribution in [0.5, 0.6) is 5.75 Å². The van der Waals surface area contributed by atoms with Gasteiger partial charge in [0.05, 0.1) is 7.11 Å². The first-order chi connectivity index (χ1) is 8.19. The molecule has 1 fully saturated rings. The van der Waals surface area contributed by atoms with Crippen LogP contribution in [-0.2, 0) is 17.3 Å². The summed E-state index contributed by atoms with van der Waals surface area (Å²) in [5.74, 6) is 2.49. The molecule has 1 aromatic carbocycles. The van der Waals surface area contributed by atoms with E-state index in [9.17, 15) is 4.21 Å². The zero-order valence-electron chi connectivity index (χ0n) is 9.82. The maximum absolute atomic E-state index is 11.3. The molecule has 0 unspecified atom stereocenters. The fourth-order valence-corrected chi connectivity index (χ4v) is 3.48. The summed E-state index contributed by atoms with van der Waals surface area (Å²) in [5.41, 5.74) is 1.18. The average Bonchev–Trinajstić information content (AvgIpc) is 2.32. The molecule has 0 aromatic heterocycles.